The monoisotopic (exact) mass is 280 g/mol. The van der Waals surface area contributed by atoms with Crippen LogP contribution in [-0.2, 0) is 11.3 Å². The zero-order chi connectivity index (χ0) is 14.4. The van der Waals surface area contributed by atoms with Crippen LogP contribution in [0.25, 0.3) is 0 Å². The minimum Gasteiger partial charge on any atom is -0.316 e. The lowest BCUT2D eigenvalue weighted by Crippen LogP contribution is -2.26. The molecule has 20 heavy (non-hydrogen) atoms. The van der Waals surface area contributed by atoms with Gasteiger partial charge in [-0.25, -0.2) is 0 Å². The van der Waals surface area contributed by atoms with Crippen molar-refractivity contribution >= 4 is 0 Å². The van der Waals surface area contributed by atoms with E-state index in [1.165, 1.54) is 0 Å². The Balaban J connectivity index is 1.77. The molecule has 1 aliphatic carbocycles. The zero-order valence-corrected chi connectivity index (χ0v) is 11.7. The quantitative estimate of drug-likeness (QED) is 0.652. The molecule has 0 spiro atoms. The molecule has 0 atom stereocenters. The van der Waals surface area contributed by atoms with Crippen LogP contribution in [0.1, 0.15) is 37.7 Å². The highest BCUT2D eigenvalue weighted by atomic mass is 19.3. The molecule has 1 aromatic carbocycles. The van der Waals surface area contributed by atoms with Gasteiger partial charge in [0.2, 0.25) is 0 Å². The summed E-state index contributed by atoms with van der Waals surface area (Å²) in [6, 6.07) is 9.11. The van der Waals surface area contributed by atoms with Crippen LogP contribution in [0.15, 0.2) is 43.0 Å². The van der Waals surface area contributed by atoms with Gasteiger partial charge in [0.1, 0.15) is 0 Å². The van der Waals surface area contributed by atoms with Gasteiger partial charge < -0.3 is 4.74 Å². The van der Waals surface area contributed by atoms with Crippen LogP contribution < -0.4 is 0 Å². The molecular weight excluding hydrogens is 258 g/mol. The Kier molecular flexibility index (Phi) is 5.30. The van der Waals surface area contributed by atoms with Crippen LogP contribution >= 0.6 is 0 Å². The van der Waals surface area contributed by atoms with Gasteiger partial charge in [-0.3, -0.25) is 0 Å². The van der Waals surface area contributed by atoms with E-state index in [9.17, 15) is 8.78 Å². The molecule has 0 aromatic heterocycles. The average Bonchev–Trinajstić information content (AvgIpc) is 2.47. The summed E-state index contributed by atoms with van der Waals surface area (Å²) in [5.41, 5.74) is 0.780. The van der Waals surface area contributed by atoms with Crippen molar-refractivity contribution in [3.63, 3.8) is 0 Å². The van der Waals surface area contributed by atoms with E-state index >= 15 is 0 Å². The van der Waals surface area contributed by atoms with E-state index in [2.05, 4.69) is 6.58 Å². The number of halogens is 2. The number of hydrogen-bond donors (Lipinski definition) is 0. The fourth-order valence-corrected chi connectivity index (χ4v) is 2.79. The van der Waals surface area contributed by atoms with Crippen LogP contribution in [0.4, 0.5) is 8.78 Å². The van der Waals surface area contributed by atoms with E-state index in [4.69, 9.17) is 4.74 Å². The predicted octanol–water partition coefficient (Wildman–Crippen LogP) is 5.18. The highest BCUT2D eigenvalue weighted by Crippen LogP contribution is 2.36. The molecule has 0 bridgehead atoms. The van der Waals surface area contributed by atoms with Crippen molar-refractivity contribution in [3.8, 4) is 0 Å². The molecule has 1 saturated carbocycles. The third-order valence-electron chi connectivity index (χ3n) is 4.04. The first-order valence-electron chi connectivity index (χ1n) is 7.27. The Labute approximate surface area is 119 Å². The third kappa shape index (κ3) is 4.71. The highest BCUT2D eigenvalue weighted by Gasteiger charge is 2.35. The summed E-state index contributed by atoms with van der Waals surface area (Å²) in [5, 5.41) is 0. The SMILES string of the molecule is C=CC1CCC(CC(F)(F)OCc2ccccc2)CC1. The topological polar surface area (TPSA) is 9.23 Å². The van der Waals surface area contributed by atoms with Crippen molar-refractivity contribution in [2.75, 3.05) is 0 Å². The molecule has 0 N–H and O–H groups in total. The largest absolute Gasteiger partial charge is 0.356 e. The maximum atomic E-state index is 13.8. The maximum absolute atomic E-state index is 13.8. The van der Waals surface area contributed by atoms with Crippen molar-refractivity contribution in [1.82, 2.24) is 0 Å². The van der Waals surface area contributed by atoms with Crippen molar-refractivity contribution in [1.29, 1.82) is 0 Å². The first-order chi connectivity index (χ1) is 9.59. The first kappa shape index (κ1) is 15.2. The summed E-state index contributed by atoms with van der Waals surface area (Å²) in [7, 11) is 0. The van der Waals surface area contributed by atoms with E-state index in [1.54, 1.807) is 12.1 Å². The van der Waals surface area contributed by atoms with Crippen LogP contribution in [0.5, 0.6) is 0 Å². The summed E-state index contributed by atoms with van der Waals surface area (Å²) in [5.74, 6) is 0.571. The lowest BCUT2D eigenvalue weighted by atomic mass is 9.80. The molecule has 1 fully saturated rings. The first-order valence-corrected chi connectivity index (χ1v) is 7.27. The number of allylic oxidation sites excluding steroid dienone is 1. The normalized spacial score (nSPS) is 23.5. The van der Waals surface area contributed by atoms with Gasteiger partial charge in [-0.1, -0.05) is 36.4 Å². The summed E-state index contributed by atoms with van der Waals surface area (Å²) in [6.07, 6.45) is 2.40. The van der Waals surface area contributed by atoms with Crippen molar-refractivity contribution in [2.45, 2.75) is 44.8 Å². The third-order valence-corrected chi connectivity index (χ3v) is 4.04. The van der Waals surface area contributed by atoms with Crippen LogP contribution in [0.3, 0.4) is 0 Å². The summed E-state index contributed by atoms with van der Waals surface area (Å²) < 4.78 is 32.5. The Bertz CT molecular complexity index is 408. The molecule has 1 aromatic rings. The number of rotatable bonds is 6. The molecule has 110 valence electrons. The summed E-state index contributed by atoms with van der Waals surface area (Å²) >= 11 is 0. The van der Waals surface area contributed by atoms with Crippen molar-refractivity contribution < 1.29 is 13.5 Å². The second-order valence-corrected chi connectivity index (χ2v) is 5.63. The second kappa shape index (κ2) is 6.98. The van der Waals surface area contributed by atoms with Gasteiger partial charge in [0, 0.05) is 6.42 Å². The minimum absolute atomic E-state index is 0.0319. The summed E-state index contributed by atoms with van der Waals surface area (Å²) in [6.45, 7) is 3.74. The lowest BCUT2D eigenvalue weighted by Gasteiger charge is -2.29. The van der Waals surface area contributed by atoms with Gasteiger partial charge >= 0.3 is 6.11 Å². The van der Waals surface area contributed by atoms with E-state index < -0.39 is 6.11 Å². The predicted molar refractivity (Wildman–Crippen MR) is 76.4 cm³/mol. The van der Waals surface area contributed by atoms with Crippen LogP contribution in [-0.4, -0.2) is 6.11 Å². The van der Waals surface area contributed by atoms with Crippen molar-refractivity contribution in [3.05, 3.63) is 48.6 Å². The number of hydrogen-bond acceptors (Lipinski definition) is 1. The minimum atomic E-state index is -3.03. The molecule has 0 saturated heterocycles. The van der Waals surface area contributed by atoms with Crippen molar-refractivity contribution in [2.24, 2.45) is 11.8 Å². The number of ether oxygens (including phenoxy) is 1. The standard InChI is InChI=1S/C17H22F2O/c1-2-14-8-10-15(11-9-14)12-17(18,19)20-13-16-6-4-3-5-7-16/h2-7,14-15H,1,8-13H2. The highest BCUT2D eigenvalue weighted by molar-refractivity contribution is 5.13. The van der Waals surface area contributed by atoms with Gasteiger partial charge in [0.05, 0.1) is 6.61 Å². The van der Waals surface area contributed by atoms with E-state index in [1.807, 2.05) is 24.3 Å². The Hall–Kier alpha value is -1.22. The zero-order valence-electron chi connectivity index (χ0n) is 11.7. The molecular formula is C17H22F2O. The smallest absolute Gasteiger partial charge is 0.316 e. The number of benzene rings is 1. The van der Waals surface area contributed by atoms with Crippen LogP contribution in [0, 0.1) is 11.8 Å². The molecule has 0 aliphatic heterocycles. The molecule has 1 aliphatic rings. The Morgan fingerprint density at radius 3 is 2.40 bits per heavy atom. The Morgan fingerprint density at radius 2 is 1.80 bits per heavy atom. The molecule has 0 radical (unpaired) electrons. The van der Waals surface area contributed by atoms with Gasteiger partial charge in [0.15, 0.2) is 0 Å². The number of alkyl halides is 2. The fourth-order valence-electron chi connectivity index (χ4n) is 2.79. The van der Waals surface area contributed by atoms with Gasteiger partial charge in [-0.05, 0) is 43.1 Å². The molecule has 0 heterocycles. The summed E-state index contributed by atoms with van der Waals surface area (Å²) in [4.78, 5) is 0. The van der Waals surface area contributed by atoms with Gasteiger partial charge in [0.25, 0.3) is 0 Å². The maximum Gasteiger partial charge on any atom is 0.356 e. The molecule has 1 nitrogen and oxygen atoms in total. The van der Waals surface area contributed by atoms with E-state index in [0.29, 0.717) is 5.92 Å². The Morgan fingerprint density at radius 1 is 1.15 bits per heavy atom. The average molecular weight is 280 g/mol. The van der Waals surface area contributed by atoms with Gasteiger partial charge in [-0.2, -0.15) is 8.78 Å². The molecule has 3 heteroatoms. The molecule has 0 unspecified atom stereocenters. The second-order valence-electron chi connectivity index (χ2n) is 5.63. The van der Waals surface area contributed by atoms with E-state index in [0.717, 1.165) is 31.2 Å². The fraction of sp³-hybridized carbons (Fsp3) is 0.529. The van der Waals surface area contributed by atoms with Gasteiger partial charge in [-0.15, -0.1) is 6.58 Å². The molecule has 2 rings (SSSR count). The van der Waals surface area contributed by atoms with Crippen LogP contribution in [0.2, 0.25) is 0 Å². The lowest BCUT2D eigenvalue weighted by molar-refractivity contribution is -0.256. The van der Waals surface area contributed by atoms with E-state index in [-0.39, 0.29) is 18.9 Å². The molecule has 0 amide bonds.